The van der Waals surface area contributed by atoms with Crippen LogP contribution in [0, 0.1) is 6.92 Å². The standard InChI is InChI=1S/C20H22N4OS/c1-16-4-6-17(7-5-16)24-9-8-21-20(24)23-12-10-22(11-13-23)19(25)15-18-3-2-14-26-18/h2-9,14H,10-13,15H2,1H3. The largest absolute Gasteiger partial charge is 0.339 e. The molecule has 4 rings (SSSR count). The van der Waals surface area contributed by atoms with Gasteiger partial charge in [0.1, 0.15) is 0 Å². The summed E-state index contributed by atoms with van der Waals surface area (Å²) >= 11 is 1.64. The predicted octanol–water partition coefficient (Wildman–Crippen LogP) is 3.13. The van der Waals surface area contributed by atoms with E-state index in [1.165, 1.54) is 5.56 Å². The lowest BCUT2D eigenvalue weighted by Gasteiger charge is -2.35. The predicted molar refractivity (Wildman–Crippen MR) is 105 cm³/mol. The summed E-state index contributed by atoms with van der Waals surface area (Å²) in [5.74, 6) is 1.16. The summed E-state index contributed by atoms with van der Waals surface area (Å²) in [7, 11) is 0. The van der Waals surface area contributed by atoms with Crippen molar-refractivity contribution in [2.24, 2.45) is 0 Å². The third kappa shape index (κ3) is 3.51. The molecule has 1 aliphatic rings. The quantitative estimate of drug-likeness (QED) is 0.712. The molecular formula is C20H22N4OS. The number of carbonyl (C=O) groups excluding carboxylic acids is 1. The molecule has 0 bridgehead atoms. The van der Waals surface area contributed by atoms with E-state index in [-0.39, 0.29) is 5.91 Å². The molecule has 0 saturated carbocycles. The van der Waals surface area contributed by atoms with E-state index in [2.05, 4.69) is 45.6 Å². The number of nitrogens with zero attached hydrogens (tertiary/aromatic N) is 4. The topological polar surface area (TPSA) is 41.4 Å². The highest BCUT2D eigenvalue weighted by atomic mass is 32.1. The molecule has 0 atom stereocenters. The van der Waals surface area contributed by atoms with Crippen molar-refractivity contribution in [3.63, 3.8) is 0 Å². The second kappa shape index (κ2) is 7.33. The Morgan fingerprint density at radius 1 is 1.12 bits per heavy atom. The van der Waals surface area contributed by atoms with E-state index in [1.54, 1.807) is 11.3 Å². The number of aryl methyl sites for hydroxylation is 1. The number of carbonyl (C=O) groups is 1. The monoisotopic (exact) mass is 366 g/mol. The summed E-state index contributed by atoms with van der Waals surface area (Å²) in [6.45, 7) is 5.18. The van der Waals surface area contributed by atoms with Crippen molar-refractivity contribution in [2.75, 3.05) is 31.1 Å². The zero-order valence-electron chi connectivity index (χ0n) is 14.8. The Bertz CT molecular complexity index is 862. The minimum Gasteiger partial charge on any atom is -0.339 e. The van der Waals surface area contributed by atoms with Crippen LogP contribution in [0.4, 0.5) is 5.95 Å². The van der Waals surface area contributed by atoms with E-state index in [9.17, 15) is 4.79 Å². The van der Waals surface area contributed by atoms with Crippen LogP contribution in [-0.2, 0) is 11.2 Å². The first kappa shape index (κ1) is 16.8. The molecule has 2 aromatic heterocycles. The number of benzene rings is 1. The van der Waals surface area contributed by atoms with Gasteiger partial charge in [-0.3, -0.25) is 9.36 Å². The molecule has 1 aromatic carbocycles. The normalized spacial score (nSPS) is 14.7. The molecule has 26 heavy (non-hydrogen) atoms. The van der Waals surface area contributed by atoms with Crippen LogP contribution in [0.5, 0.6) is 0 Å². The van der Waals surface area contributed by atoms with Gasteiger partial charge in [0.2, 0.25) is 11.9 Å². The Morgan fingerprint density at radius 3 is 2.58 bits per heavy atom. The number of amides is 1. The number of aromatic nitrogens is 2. The maximum Gasteiger partial charge on any atom is 0.227 e. The molecule has 3 heterocycles. The molecule has 1 aliphatic heterocycles. The first-order valence-corrected chi connectivity index (χ1v) is 9.74. The minimum atomic E-state index is 0.217. The molecule has 0 radical (unpaired) electrons. The first-order chi connectivity index (χ1) is 12.7. The maximum absolute atomic E-state index is 12.5. The Balaban J connectivity index is 1.42. The van der Waals surface area contributed by atoms with Crippen LogP contribution in [-0.4, -0.2) is 46.5 Å². The molecule has 0 N–H and O–H groups in total. The van der Waals surface area contributed by atoms with E-state index in [0.29, 0.717) is 6.42 Å². The van der Waals surface area contributed by atoms with Crippen LogP contribution in [0.15, 0.2) is 54.2 Å². The Kier molecular flexibility index (Phi) is 4.75. The molecule has 6 heteroatoms. The van der Waals surface area contributed by atoms with Crippen LogP contribution in [0.3, 0.4) is 0 Å². The number of rotatable bonds is 4. The van der Waals surface area contributed by atoms with Crippen molar-refractivity contribution < 1.29 is 4.79 Å². The van der Waals surface area contributed by atoms with Gasteiger partial charge in [0.25, 0.3) is 0 Å². The highest BCUT2D eigenvalue weighted by Crippen LogP contribution is 2.20. The van der Waals surface area contributed by atoms with Gasteiger partial charge in [-0.25, -0.2) is 4.98 Å². The van der Waals surface area contributed by atoms with Crippen molar-refractivity contribution in [1.29, 1.82) is 0 Å². The molecule has 5 nitrogen and oxygen atoms in total. The van der Waals surface area contributed by atoms with Gasteiger partial charge in [0, 0.05) is 49.1 Å². The summed E-state index contributed by atoms with van der Waals surface area (Å²) in [4.78, 5) is 22.4. The van der Waals surface area contributed by atoms with Gasteiger partial charge in [-0.2, -0.15) is 0 Å². The summed E-state index contributed by atoms with van der Waals surface area (Å²) in [6, 6.07) is 12.5. The summed E-state index contributed by atoms with van der Waals surface area (Å²) in [6.07, 6.45) is 4.34. The zero-order valence-corrected chi connectivity index (χ0v) is 15.7. The number of hydrogen-bond acceptors (Lipinski definition) is 4. The molecule has 1 amide bonds. The minimum absolute atomic E-state index is 0.217. The summed E-state index contributed by atoms with van der Waals surface area (Å²) in [5.41, 5.74) is 2.35. The van der Waals surface area contributed by atoms with Gasteiger partial charge < -0.3 is 9.80 Å². The fourth-order valence-electron chi connectivity index (χ4n) is 3.27. The van der Waals surface area contributed by atoms with Crippen molar-refractivity contribution in [3.05, 3.63) is 64.6 Å². The maximum atomic E-state index is 12.5. The van der Waals surface area contributed by atoms with Crippen molar-refractivity contribution >= 4 is 23.2 Å². The van der Waals surface area contributed by atoms with Crippen LogP contribution >= 0.6 is 11.3 Å². The Morgan fingerprint density at radius 2 is 1.88 bits per heavy atom. The number of hydrogen-bond donors (Lipinski definition) is 0. The first-order valence-electron chi connectivity index (χ1n) is 8.86. The average Bonchev–Trinajstić information content (AvgIpc) is 3.34. The van der Waals surface area contributed by atoms with Crippen molar-refractivity contribution in [1.82, 2.24) is 14.5 Å². The van der Waals surface area contributed by atoms with E-state index in [0.717, 1.165) is 42.7 Å². The van der Waals surface area contributed by atoms with E-state index >= 15 is 0 Å². The van der Waals surface area contributed by atoms with Crippen LogP contribution in [0.2, 0.25) is 0 Å². The number of thiophene rings is 1. The van der Waals surface area contributed by atoms with Gasteiger partial charge in [-0.15, -0.1) is 11.3 Å². The lowest BCUT2D eigenvalue weighted by Crippen LogP contribution is -2.49. The Labute approximate surface area is 157 Å². The van der Waals surface area contributed by atoms with Gasteiger partial charge in [-0.05, 0) is 30.5 Å². The molecule has 0 spiro atoms. The van der Waals surface area contributed by atoms with Gasteiger partial charge >= 0.3 is 0 Å². The molecule has 134 valence electrons. The summed E-state index contributed by atoms with van der Waals surface area (Å²) in [5, 5.41) is 2.02. The van der Waals surface area contributed by atoms with Crippen LogP contribution < -0.4 is 4.90 Å². The van der Waals surface area contributed by atoms with Crippen LogP contribution in [0.25, 0.3) is 5.69 Å². The lowest BCUT2D eigenvalue weighted by atomic mass is 10.2. The average molecular weight is 366 g/mol. The Hall–Kier alpha value is -2.60. The van der Waals surface area contributed by atoms with E-state index < -0.39 is 0 Å². The lowest BCUT2D eigenvalue weighted by molar-refractivity contribution is -0.130. The second-order valence-electron chi connectivity index (χ2n) is 6.56. The smallest absolute Gasteiger partial charge is 0.227 e. The third-order valence-corrected chi connectivity index (χ3v) is 5.63. The third-order valence-electron chi connectivity index (χ3n) is 4.75. The number of piperazine rings is 1. The molecule has 1 saturated heterocycles. The fraction of sp³-hybridized carbons (Fsp3) is 0.300. The van der Waals surface area contributed by atoms with Crippen molar-refractivity contribution in [3.8, 4) is 5.69 Å². The van der Waals surface area contributed by atoms with E-state index in [1.807, 2.05) is 34.8 Å². The fourth-order valence-corrected chi connectivity index (χ4v) is 3.96. The van der Waals surface area contributed by atoms with Gasteiger partial charge in [0.15, 0.2) is 0 Å². The SMILES string of the molecule is Cc1ccc(-n2ccnc2N2CCN(C(=O)Cc3cccs3)CC2)cc1. The van der Waals surface area contributed by atoms with E-state index in [4.69, 9.17) is 0 Å². The molecular weight excluding hydrogens is 344 g/mol. The molecule has 0 aliphatic carbocycles. The van der Waals surface area contributed by atoms with Crippen molar-refractivity contribution in [2.45, 2.75) is 13.3 Å². The second-order valence-corrected chi connectivity index (χ2v) is 7.59. The molecule has 0 unspecified atom stereocenters. The number of imidazole rings is 1. The molecule has 1 fully saturated rings. The summed E-state index contributed by atoms with van der Waals surface area (Å²) < 4.78 is 2.11. The van der Waals surface area contributed by atoms with Crippen LogP contribution in [0.1, 0.15) is 10.4 Å². The highest BCUT2D eigenvalue weighted by Gasteiger charge is 2.24. The zero-order chi connectivity index (χ0) is 17.9. The molecule has 3 aromatic rings. The van der Waals surface area contributed by atoms with Gasteiger partial charge in [-0.1, -0.05) is 23.8 Å². The van der Waals surface area contributed by atoms with Gasteiger partial charge in [0.05, 0.1) is 6.42 Å². The highest BCUT2D eigenvalue weighted by molar-refractivity contribution is 7.10. The number of anilines is 1.